The maximum atomic E-state index is 13.1. The highest BCUT2D eigenvalue weighted by molar-refractivity contribution is 6.31. The number of amides is 2. The van der Waals surface area contributed by atoms with Crippen LogP contribution in [0.25, 0.3) is 0 Å². The van der Waals surface area contributed by atoms with Crippen LogP contribution in [0.5, 0.6) is 0 Å². The highest BCUT2D eigenvalue weighted by atomic mass is 35.5. The molecular formula is C25H33ClN2O2. The highest BCUT2D eigenvalue weighted by Crippen LogP contribution is 2.20. The number of hydrogen-bond acceptors (Lipinski definition) is 2. The van der Waals surface area contributed by atoms with Crippen molar-refractivity contribution in [2.24, 2.45) is 0 Å². The Balaban J connectivity index is 2.10. The molecule has 0 fully saturated rings. The third kappa shape index (κ3) is 7.17. The normalized spacial score (nSPS) is 11.7. The van der Waals surface area contributed by atoms with Gasteiger partial charge in [0.2, 0.25) is 11.8 Å². The van der Waals surface area contributed by atoms with Crippen molar-refractivity contribution in [2.75, 3.05) is 6.54 Å². The third-order valence-corrected chi connectivity index (χ3v) is 5.72. The SMILES string of the molecule is CCCCNC(=O)[C@@H](C)N(Cc1ccccc1Cl)C(=O)CCc1ccc(CC)cc1. The standard InChI is InChI=1S/C25H33ClN2O2/c1-4-6-17-27-25(30)19(3)28(18-22-9-7-8-10-23(22)26)24(29)16-15-21-13-11-20(5-2)12-14-21/h7-14,19H,4-6,15-18H2,1-3H3,(H,27,30)/t19-/m1/s1. The highest BCUT2D eigenvalue weighted by Gasteiger charge is 2.26. The van der Waals surface area contributed by atoms with Crippen LogP contribution in [0.1, 0.15) is 56.7 Å². The predicted octanol–water partition coefficient (Wildman–Crippen LogP) is 5.17. The summed E-state index contributed by atoms with van der Waals surface area (Å²) in [5.41, 5.74) is 3.24. The maximum Gasteiger partial charge on any atom is 0.242 e. The second kappa shape index (κ2) is 12.4. The Morgan fingerprint density at radius 2 is 1.70 bits per heavy atom. The van der Waals surface area contributed by atoms with Gasteiger partial charge in [0.05, 0.1) is 0 Å². The van der Waals surface area contributed by atoms with E-state index in [-0.39, 0.29) is 11.8 Å². The van der Waals surface area contributed by atoms with Gasteiger partial charge in [0.15, 0.2) is 0 Å². The molecule has 0 aliphatic carbocycles. The molecule has 2 aromatic carbocycles. The van der Waals surface area contributed by atoms with E-state index in [2.05, 4.69) is 43.4 Å². The van der Waals surface area contributed by atoms with Gasteiger partial charge in [-0.2, -0.15) is 0 Å². The van der Waals surface area contributed by atoms with Gasteiger partial charge in [-0.1, -0.05) is 74.3 Å². The van der Waals surface area contributed by atoms with Crippen molar-refractivity contribution in [3.05, 3.63) is 70.2 Å². The number of aryl methyl sites for hydroxylation is 2. The van der Waals surface area contributed by atoms with Crippen molar-refractivity contribution in [2.45, 2.75) is 65.5 Å². The lowest BCUT2D eigenvalue weighted by molar-refractivity contribution is -0.140. The van der Waals surface area contributed by atoms with Crippen LogP contribution in [0.2, 0.25) is 5.02 Å². The van der Waals surface area contributed by atoms with E-state index < -0.39 is 6.04 Å². The molecule has 0 spiro atoms. The van der Waals surface area contributed by atoms with Crippen LogP contribution in [0, 0.1) is 0 Å². The molecule has 0 aliphatic rings. The first-order valence-electron chi connectivity index (χ1n) is 10.8. The summed E-state index contributed by atoms with van der Waals surface area (Å²) in [5, 5.41) is 3.54. The summed E-state index contributed by atoms with van der Waals surface area (Å²) < 4.78 is 0. The van der Waals surface area contributed by atoms with E-state index >= 15 is 0 Å². The zero-order chi connectivity index (χ0) is 21.9. The summed E-state index contributed by atoms with van der Waals surface area (Å²) in [7, 11) is 0. The van der Waals surface area contributed by atoms with E-state index in [0.29, 0.717) is 31.0 Å². The molecule has 162 valence electrons. The number of nitrogens with zero attached hydrogens (tertiary/aromatic N) is 1. The molecule has 1 N–H and O–H groups in total. The molecule has 0 heterocycles. The number of hydrogen-bond donors (Lipinski definition) is 1. The molecule has 1 atom stereocenters. The molecule has 4 nitrogen and oxygen atoms in total. The Labute approximate surface area is 185 Å². The summed E-state index contributed by atoms with van der Waals surface area (Å²) in [5.74, 6) is -0.177. The third-order valence-electron chi connectivity index (χ3n) is 5.35. The monoisotopic (exact) mass is 428 g/mol. The number of benzene rings is 2. The van der Waals surface area contributed by atoms with E-state index in [1.54, 1.807) is 17.9 Å². The molecule has 0 unspecified atom stereocenters. The van der Waals surface area contributed by atoms with Crippen LogP contribution in [-0.4, -0.2) is 29.3 Å². The zero-order valence-electron chi connectivity index (χ0n) is 18.3. The number of carbonyl (C=O) groups excluding carboxylic acids is 2. The molecule has 2 rings (SSSR count). The van der Waals surface area contributed by atoms with E-state index in [0.717, 1.165) is 30.4 Å². The molecule has 0 saturated carbocycles. The fourth-order valence-corrected chi connectivity index (χ4v) is 3.46. The molecule has 30 heavy (non-hydrogen) atoms. The Morgan fingerprint density at radius 3 is 2.33 bits per heavy atom. The molecule has 2 aromatic rings. The Bertz CT molecular complexity index is 820. The number of rotatable bonds is 11. The second-order valence-electron chi connectivity index (χ2n) is 7.60. The number of carbonyl (C=O) groups is 2. The summed E-state index contributed by atoms with van der Waals surface area (Å²) in [6.07, 6.45) is 3.92. The van der Waals surface area contributed by atoms with Crippen molar-refractivity contribution < 1.29 is 9.59 Å². The average molecular weight is 429 g/mol. The average Bonchev–Trinajstić information content (AvgIpc) is 2.77. The van der Waals surface area contributed by atoms with Crippen LogP contribution in [0.15, 0.2) is 48.5 Å². The molecule has 0 aliphatic heterocycles. The molecule has 0 aromatic heterocycles. The van der Waals surface area contributed by atoms with Crippen LogP contribution in [-0.2, 0) is 29.0 Å². The molecule has 0 bridgehead atoms. The maximum absolute atomic E-state index is 13.1. The fourth-order valence-electron chi connectivity index (χ4n) is 3.27. The molecule has 0 saturated heterocycles. The lowest BCUT2D eigenvalue weighted by atomic mass is 10.0. The summed E-state index contributed by atoms with van der Waals surface area (Å²) >= 11 is 6.32. The van der Waals surface area contributed by atoms with Crippen molar-refractivity contribution in [3.63, 3.8) is 0 Å². The van der Waals surface area contributed by atoms with Gasteiger partial charge in [0.25, 0.3) is 0 Å². The van der Waals surface area contributed by atoms with Gasteiger partial charge in [0.1, 0.15) is 6.04 Å². The quantitative estimate of drug-likeness (QED) is 0.502. The predicted molar refractivity (Wildman–Crippen MR) is 124 cm³/mol. The van der Waals surface area contributed by atoms with Gasteiger partial charge in [0, 0.05) is 24.5 Å². The van der Waals surface area contributed by atoms with Gasteiger partial charge in [-0.25, -0.2) is 0 Å². The number of nitrogens with one attached hydrogen (secondary N) is 1. The number of halogens is 1. The molecular weight excluding hydrogens is 396 g/mol. The topological polar surface area (TPSA) is 49.4 Å². The van der Waals surface area contributed by atoms with E-state index in [4.69, 9.17) is 11.6 Å². The molecule has 0 radical (unpaired) electrons. The van der Waals surface area contributed by atoms with Crippen LogP contribution < -0.4 is 5.32 Å². The first-order valence-corrected chi connectivity index (χ1v) is 11.2. The van der Waals surface area contributed by atoms with Crippen molar-refractivity contribution in [3.8, 4) is 0 Å². The summed E-state index contributed by atoms with van der Waals surface area (Å²) in [4.78, 5) is 27.4. The minimum Gasteiger partial charge on any atom is -0.354 e. The van der Waals surface area contributed by atoms with Gasteiger partial charge in [-0.3, -0.25) is 9.59 Å². The minimum absolute atomic E-state index is 0.0485. The van der Waals surface area contributed by atoms with Crippen LogP contribution in [0.4, 0.5) is 0 Å². The van der Waals surface area contributed by atoms with Crippen molar-refractivity contribution in [1.29, 1.82) is 0 Å². The summed E-state index contributed by atoms with van der Waals surface area (Å²) in [6, 6.07) is 15.2. The summed E-state index contributed by atoms with van der Waals surface area (Å²) in [6.45, 7) is 6.92. The van der Waals surface area contributed by atoms with Crippen molar-refractivity contribution >= 4 is 23.4 Å². The number of unbranched alkanes of at least 4 members (excludes halogenated alkanes) is 1. The van der Waals surface area contributed by atoms with Gasteiger partial charge in [-0.15, -0.1) is 0 Å². The van der Waals surface area contributed by atoms with Gasteiger partial charge < -0.3 is 10.2 Å². The molecule has 2 amide bonds. The fraction of sp³-hybridized carbons (Fsp3) is 0.440. The van der Waals surface area contributed by atoms with E-state index in [1.807, 2.05) is 18.2 Å². The van der Waals surface area contributed by atoms with Crippen molar-refractivity contribution in [1.82, 2.24) is 10.2 Å². The van der Waals surface area contributed by atoms with Crippen LogP contribution >= 0.6 is 11.6 Å². The van der Waals surface area contributed by atoms with E-state index in [9.17, 15) is 9.59 Å². The zero-order valence-corrected chi connectivity index (χ0v) is 19.0. The Kier molecular flexibility index (Phi) is 9.88. The lowest BCUT2D eigenvalue weighted by Gasteiger charge is -2.29. The molecule has 5 heteroatoms. The van der Waals surface area contributed by atoms with Crippen LogP contribution in [0.3, 0.4) is 0 Å². The first-order chi connectivity index (χ1) is 14.5. The second-order valence-corrected chi connectivity index (χ2v) is 8.01. The van der Waals surface area contributed by atoms with E-state index in [1.165, 1.54) is 5.56 Å². The largest absolute Gasteiger partial charge is 0.354 e. The smallest absolute Gasteiger partial charge is 0.242 e. The Hall–Kier alpha value is -2.33. The van der Waals surface area contributed by atoms with Gasteiger partial charge in [-0.05, 0) is 48.9 Å². The first kappa shape index (κ1) is 23.9. The van der Waals surface area contributed by atoms with Gasteiger partial charge >= 0.3 is 0 Å². The minimum atomic E-state index is -0.562. The Morgan fingerprint density at radius 1 is 1.03 bits per heavy atom. The lowest BCUT2D eigenvalue weighted by Crippen LogP contribution is -2.47.